The average Bonchev–Trinajstić information content (AvgIpc) is 3.03. The van der Waals surface area contributed by atoms with Gasteiger partial charge in [-0.15, -0.1) is 0 Å². The van der Waals surface area contributed by atoms with Crippen molar-refractivity contribution in [3.05, 3.63) is 30.0 Å². The van der Waals surface area contributed by atoms with E-state index in [1.807, 2.05) is 24.3 Å². The summed E-state index contributed by atoms with van der Waals surface area (Å²) in [7, 11) is 1.66. The number of nitrogens with one attached hydrogen (secondary N) is 2. The predicted molar refractivity (Wildman–Crippen MR) is 94.6 cm³/mol. The maximum absolute atomic E-state index is 13.2. The first-order valence-corrected chi connectivity index (χ1v) is 8.83. The third kappa shape index (κ3) is 2.47. The minimum Gasteiger partial charge on any atom is -0.497 e. The zero-order valence-electron chi connectivity index (χ0n) is 14.4. The molecule has 2 aromatic rings. The Balaban J connectivity index is 1.65. The van der Waals surface area contributed by atoms with Crippen molar-refractivity contribution in [1.82, 2.24) is 15.2 Å². The molecule has 2 fully saturated rings. The van der Waals surface area contributed by atoms with Crippen molar-refractivity contribution in [2.75, 3.05) is 20.2 Å². The van der Waals surface area contributed by atoms with Crippen molar-refractivity contribution in [2.45, 2.75) is 44.2 Å². The molecule has 3 heterocycles. The number of piperidine rings is 2. The van der Waals surface area contributed by atoms with Gasteiger partial charge in [-0.1, -0.05) is 0 Å². The highest BCUT2D eigenvalue weighted by molar-refractivity contribution is 5.98. The Kier molecular flexibility index (Phi) is 3.76. The fourth-order valence-electron chi connectivity index (χ4n) is 4.38. The fourth-order valence-corrected chi connectivity index (χ4v) is 4.38. The van der Waals surface area contributed by atoms with Gasteiger partial charge < -0.3 is 19.9 Å². The molecule has 0 unspecified atom stereocenters. The van der Waals surface area contributed by atoms with Gasteiger partial charge in [0.15, 0.2) is 0 Å². The second-order valence-corrected chi connectivity index (χ2v) is 7.24. The van der Waals surface area contributed by atoms with Crippen molar-refractivity contribution in [3.8, 4) is 5.75 Å². The lowest BCUT2D eigenvalue weighted by molar-refractivity contribution is 0.0249. The van der Waals surface area contributed by atoms with Gasteiger partial charge >= 0.3 is 0 Å². The van der Waals surface area contributed by atoms with Crippen LogP contribution in [0.15, 0.2) is 24.3 Å². The molecular weight excluding hydrogens is 302 g/mol. The molecule has 1 amide bonds. The first-order valence-electron chi connectivity index (χ1n) is 8.83. The Morgan fingerprint density at radius 1 is 1.33 bits per heavy atom. The zero-order chi connectivity index (χ0) is 16.7. The molecule has 24 heavy (non-hydrogen) atoms. The first-order chi connectivity index (χ1) is 11.6. The summed E-state index contributed by atoms with van der Waals surface area (Å²) in [5.74, 6) is 0.923. The van der Waals surface area contributed by atoms with Crippen LogP contribution >= 0.6 is 0 Å². The molecule has 128 valence electrons. The fraction of sp³-hybridized carbons (Fsp3) is 0.526. The molecule has 2 aliphatic heterocycles. The number of benzene rings is 1. The Bertz CT molecular complexity index is 765. The van der Waals surface area contributed by atoms with E-state index in [9.17, 15) is 4.79 Å². The minimum atomic E-state index is 0.0569. The van der Waals surface area contributed by atoms with Crippen molar-refractivity contribution < 1.29 is 9.53 Å². The molecule has 2 aliphatic rings. The summed E-state index contributed by atoms with van der Waals surface area (Å²) in [5, 5.41) is 4.67. The second kappa shape index (κ2) is 5.81. The van der Waals surface area contributed by atoms with Gasteiger partial charge in [-0.3, -0.25) is 4.79 Å². The number of fused-ring (bicyclic) bond motifs is 2. The number of methoxy groups -OCH3 is 1. The number of H-pyrrole nitrogens is 1. The molecule has 1 aromatic heterocycles. The lowest BCUT2D eigenvalue weighted by Gasteiger charge is -2.51. The number of carbonyl (C=O) groups excluding carboxylic acids is 1. The van der Waals surface area contributed by atoms with Crippen LogP contribution in [0.5, 0.6) is 5.75 Å². The number of hydrogen-bond donors (Lipinski definition) is 2. The minimum absolute atomic E-state index is 0.0569. The van der Waals surface area contributed by atoms with Gasteiger partial charge in [0.2, 0.25) is 0 Å². The van der Waals surface area contributed by atoms with E-state index in [0.717, 1.165) is 55.4 Å². The van der Waals surface area contributed by atoms with Gasteiger partial charge in [0.05, 0.1) is 7.11 Å². The van der Waals surface area contributed by atoms with Crippen LogP contribution in [0.25, 0.3) is 10.9 Å². The summed E-state index contributed by atoms with van der Waals surface area (Å²) in [4.78, 5) is 18.5. The molecule has 0 bridgehead atoms. The van der Waals surface area contributed by atoms with Gasteiger partial charge in [0.1, 0.15) is 11.4 Å². The lowest BCUT2D eigenvalue weighted by Crippen LogP contribution is -2.65. The number of aromatic amines is 1. The van der Waals surface area contributed by atoms with E-state index < -0.39 is 0 Å². The summed E-state index contributed by atoms with van der Waals surface area (Å²) >= 11 is 0. The number of ether oxygens (including phenoxy) is 1. The van der Waals surface area contributed by atoms with Crippen LogP contribution in [0.1, 0.15) is 43.1 Å². The SMILES string of the molecule is COc1ccc2[nH]c(C(=O)N3CCC[C@]4(C)NCCC[C@@H]34)cc2c1. The summed E-state index contributed by atoms with van der Waals surface area (Å²) in [6.45, 7) is 4.17. The summed E-state index contributed by atoms with van der Waals surface area (Å²) in [6.07, 6.45) is 4.42. The summed E-state index contributed by atoms with van der Waals surface area (Å²) in [6, 6.07) is 8.07. The molecule has 2 saturated heterocycles. The molecule has 1 aromatic carbocycles. The van der Waals surface area contributed by atoms with E-state index in [0.29, 0.717) is 5.69 Å². The Labute approximate surface area is 142 Å². The van der Waals surface area contributed by atoms with Gasteiger partial charge in [0, 0.05) is 29.0 Å². The van der Waals surface area contributed by atoms with E-state index in [1.54, 1.807) is 7.11 Å². The van der Waals surface area contributed by atoms with Gasteiger partial charge in [-0.2, -0.15) is 0 Å². The van der Waals surface area contributed by atoms with E-state index in [4.69, 9.17) is 4.74 Å². The quantitative estimate of drug-likeness (QED) is 0.892. The van der Waals surface area contributed by atoms with E-state index in [1.165, 1.54) is 0 Å². The van der Waals surface area contributed by atoms with E-state index >= 15 is 0 Å². The molecule has 0 saturated carbocycles. The number of amides is 1. The third-order valence-electron chi connectivity index (χ3n) is 5.71. The second-order valence-electron chi connectivity index (χ2n) is 7.24. The van der Waals surface area contributed by atoms with Crippen LogP contribution in [0.2, 0.25) is 0 Å². The predicted octanol–water partition coefficient (Wildman–Crippen LogP) is 2.92. The smallest absolute Gasteiger partial charge is 0.270 e. The topological polar surface area (TPSA) is 57.4 Å². The summed E-state index contributed by atoms with van der Waals surface area (Å²) in [5.41, 5.74) is 1.70. The van der Waals surface area contributed by atoms with Gasteiger partial charge in [0.25, 0.3) is 5.91 Å². The Morgan fingerprint density at radius 3 is 3.04 bits per heavy atom. The van der Waals surface area contributed by atoms with Crippen LogP contribution in [-0.2, 0) is 0 Å². The van der Waals surface area contributed by atoms with Crippen LogP contribution in [0, 0.1) is 0 Å². The van der Waals surface area contributed by atoms with Crippen LogP contribution in [0.4, 0.5) is 0 Å². The van der Waals surface area contributed by atoms with Gasteiger partial charge in [-0.25, -0.2) is 0 Å². The number of likely N-dealkylation sites (tertiary alicyclic amines) is 1. The van der Waals surface area contributed by atoms with Crippen molar-refractivity contribution in [3.63, 3.8) is 0 Å². The van der Waals surface area contributed by atoms with Gasteiger partial charge in [-0.05, 0) is 63.4 Å². The Morgan fingerprint density at radius 2 is 2.21 bits per heavy atom. The van der Waals surface area contributed by atoms with Crippen molar-refractivity contribution >= 4 is 16.8 Å². The Hall–Kier alpha value is -2.01. The number of nitrogens with zero attached hydrogens (tertiary/aromatic N) is 1. The normalized spacial score (nSPS) is 27.1. The molecule has 0 aliphatic carbocycles. The number of rotatable bonds is 2. The van der Waals surface area contributed by atoms with Crippen LogP contribution in [-0.4, -0.2) is 47.6 Å². The summed E-state index contributed by atoms with van der Waals surface area (Å²) < 4.78 is 5.27. The monoisotopic (exact) mass is 327 g/mol. The highest BCUT2D eigenvalue weighted by Crippen LogP contribution is 2.34. The first kappa shape index (κ1) is 15.5. The number of hydrogen-bond acceptors (Lipinski definition) is 3. The standard InChI is InChI=1S/C19H25N3O2/c1-19-8-4-10-22(17(19)5-3-9-20-19)18(23)16-12-13-11-14(24-2)6-7-15(13)21-16/h6-7,11-12,17,20-21H,3-5,8-10H2,1-2H3/t17-,19+/m1/s1. The number of aromatic nitrogens is 1. The molecule has 2 N–H and O–H groups in total. The van der Waals surface area contributed by atoms with Crippen LogP contribution < -0.4 is 10.1 Å². The highest BCUT2D eigenvalue weighted by atomic mass is 16.5. The molecule has 5 heteroatoms. The molecule has 2 atom stereocenters. The van der Waals surface area contributed by atoms with Crippen molar-refractivity contribution in [2.24, 2.45) is 0 Å². The van der Waals surface area contributed by atoms with Crippen molar-refractivity contribution in [1.29, 1.82) is 0 Å². The maximum Gasteiger partial charge on any atom is 0.270 e. The molecule has 0 radical (unpaired) electrons. The lowest BCUT2D eigenvalue weighted by atomic mass is 9.78. The van der Waals surface area contributed by atoms with E-state index in [2.05, 4.69) is 22.1 Å². The largest absolute Gasteiger partial charge is 0.497 e. The maximum atomic E-state index is 13.2. The highest BCUT2D eigenvalue weighted by Gasteiger charge is 2.44. The molecule has 4 rings (SSSR count). The average molecular weight is 327 g/mol. The van der Waals surface area contributed by atoms with E-state index in [-0.39, 0.29) is 17.5 Å². The molecular formula is C19H25N3O2. The van der Waals surface area contributed by atoms with Crippen LogP contribution in [0.3, 0.4) is 0 Å². The third-order valence-corrected chi connectivity index (χ3v) is 5.71. The molecule has 5 nitrogen and oxygen atoms in total. The molecule has 0 spiro atoms. The number of carbonyl (C=O) groups is 1. The zero-order valence-corrected chi connectivity index (χ0v) is 14.4.